The number of aromatic nitrogens is 2. The standard InChI is InChI=1S/C22H27N5O3/c1-26-8-10-27(11-9-26)18-7-5-4-6-15(18)14-23-22-24-17-13-20(30-3)19(29-2)12-16(17)21(28)25-22/h4-7,12-13H,8-11,14H2,1-3H3,(H2,23,24,25,28). The van der Waals surface area contributed by atoms with E-state index in [1.807, 2.05) is 6.07 Å². The summed E-state index contributed by atoms with van der Waals surface area (Å²) in [6.45, 7) is 4.66. The zero-order chi connectivity index (χ0) is 21.1. The van der Waals surface area contributed by atoms with E-state index in [9.17, 15) is 4.79 Å². The van der Waals surface area contributed by atoms with E-state index in [0.717, 1.165) is 31.7 Å². The van der Waals surface area contributed by atoms with Crippen LogP contribution in [0.5, 0.6) is 11.5 Å². The summed E-state index contributed by atoms with van der Waals surface area (Å²) in [5.41, 5.74) is 2.70. The van der Waals surface area contributed by atoms with Gasteiger partial charge in [0, 0.05) is 44.5 Å². The predicted octanol–water partition coefficient (Wildman–Crippen LogP) is 2.30. The Morgan fingerprint density at radius 2 is 1.77 bits per heavy atom. The van der Waals surface area contributed by atoms with E-state index < -0.39 is 0 Å². The molecule has 3 aromatic rings. The number of piperazine rings is 1. The van der Waals surface area contributed by atoms with Gasteiger partial charge < -0.3 is 24.6 Å². The number of benzene rings is 2. The first-order valence-electron chi connectivity index (χ1n) is 10.0. The Bertz CT molecular complexity index is 1090. The molecule has 0 amide bonds. The number of anilines is 2. The second-order valence-electron chi connectivity index (χ2n) is 7.41. The van der Waals surface area contributed by atoms with E-state index in [-0.39, 0.29) is 5.56 Å². The molecule has 1 aromatic heterocycles. The third kappa shape index (κ3) is 4.04. The van der Waals surface area contributed by atoms with Crippen molar-refractivity contribution in [3.8, 4) is 11.5 Å². The number of hydrogen-bond donors (Lipinski definition) is 2. The molecular weight excluding hydrogens is 382 g/mol. The summed E-state index contributed by atoms with van der Waals surface area (Å²) >= 11 is 0. The quantitative estimate of drug-likeness (QED) is 0.646. The highest BCUT2D eigenvalue weighted by atomic mass is 16.5. The summed E-state index contributed by atoms with van der Waals surface area (Å²) in [6, 6.07) is 11.7. The average Bonchev–Trinajstić information content (AvgIpc) is 2.77. The van der Waals surface area contributed by atoms with Crippen molar-refractivity contribution in [2.45, 2.75) is 6.54 Å². The van der Waals surface area contributed by atoms with Crippen LogP contribution in [-0.4, -0.2) is 62.3 Å². The second kappa shape index (κ2) is 8.62. The van der Waals surface area contributed by atoms with E-state index >= 15 is 0 Å². The Hall–Kier alpha value is -3.26. The van der Waals surface area contributed by atoms with Crippen molar-refractivity contribution in [1.29, 1.82) is 0 Å². The number of methoxy groups -OCH3 is 2. The number of fused-ring (bicyclic) bond motifs is 1. The fourth-order valence-corrected chi connectivity index (χ4v) is 3.74. The van der Waals surface area contributed by atoms with E-state index in [0.29, 0.717) is 34.9 Å². The normalized spacial score (nSPS) is 14.7. The predicted molar refractivity (Wildman–Crippen MR) is 119 cm³/mol. The number of para-hydroxylation sites is 1. The highest BCUT2D eigenvalue weighted by molar-refractivity contribution is 5.82. The highest BCUT2D eigenvalue weighted by Gasteiger charge is 2.17. The van der Waals surface area contributed by atoms with Gasteiger partial charge in [-0.2, -0.15) is 0 Å². The van der Waals surface area contributed by atoms with Gasteiger partial charge >= 0.3 is 0 Å². The summed E-state index contributed by atoms with van der Waals surface area (Å²) in [4.78, 5) is 24.7. The van der Waals surface area contributed by atoms with Crippen molar-refractivity contribution >= 4 is 22.5 Å². The molecule has 4 rings (SSSR count). The molecule has 0 saturated carbocycles. The van der Waals surface area contributed by atoms with Crippen LogP contribution in [0.4, 0.5) is 11.6 Å². The minimum absolute atomic E-state index is 0.226. The van der Waals surface area contributed by atoms with Crippen LogP contribution in [0.25, 0.3) is 10.9 Å². The largest absolute Gasteiger partial charge is 0.493 e. The lowest BCUT2D eigenvalue weighted by molar-refractivity contribution is 0.312. The summed E-state index contributed by atoms with van der Waals surface area (Å²) in [6.07, 6.45) is 0. The van der Waals surface area contributed by atoms with Gasteiger partial charge in [0.2, 0.25) is 5.95 Å². The summed E-state index contributed by atoms with van der Waals surface area (Å²) in [5, 5.41) is 3.73. The highest BCUT2D eigenvalue weighted by Crippen LogP contribution is 2.30. The summed E-state index contributed by atoms with van der Waals surface area (Å²) in [5.74, 6) is 1.46. The first kappa shape index (κ1) is 20.0. The van der Waals surface area contributed by atoms with Gasteiger partial charge in [0.25, 0.3) is 5.56 Å². The van der Waals surface area contributed by atoms with Gasteiger partial charge in [0.1, 0.15) is 0 Å². The molecule has 2 aromatic carbocycles. The maximum Gasteiger partial charge on any atom is 0.260 e. The first-order valence-corrected chi connectivity index (χ1v) is 10.0. The molecule has 1 fully saturated rings. The van der Waals surface area contributed by atoms with Gasteiger partial charge in [0.15, 0.2) is 11.5 Å². The van der Waals surface area contributed by atoms with Crippen LogP contribution >= 0.6 is 0 Å². The molecule has 8 heteroatoms. The summed E-state index contributed by atoms with van der Waals surface area (Å²) < 4.78 is 10.6. The molecule has 0 aliphatic carbocycles. The van der Waals surface area contributed by atoms with Crippen LogP contribution in [0, 0.1) is 0 Å². The molecule has 0 atom stereocenters. The van der Waals surface area contributed by atoms with Crippen LogP contribution in [0.2, 0.25) is 0 Å². The number of nitrogens with one attached hydrogen (secondary N) is 2. The van der Waals surface area contributed by atoms with Gasteiger partial charge in [-0.3, -0.25) is 9.78 Å². The molecule has 0 bridgehead atoms. The Balaban J connectivity index is 1.58. The molecule has 0 unspecified atom stereocenters. The fraction of sp³-hybridized carbons (Fsp3) is 0.364. The van der Waals surface area contributed by atoms with Crippen LogP contribution in [0.3, 0.4) is 0 Å². The molecule has 30 heavy (non-hydrogen) atoms. The Labute approximate surface area is 175 Å². The number of likely N-dealkylation sites (N-methyl/N-ethyl adjacent to an activating group) is 1. The van der Waals surface area contributed by atoms with Crippen molar-refractivity contribution in [3.63, 3.8) is 0 Å². The summed E-state index contributed by atoms with van der Waals surface area (Å²) in [7, 11) is 5.25. The smallest absolute Gasteiger partial charge is 0.260 e. The lowest BCUT2D eigenvalue weighted by Gasteiger charge is -2.35. The third-order valence-electron chi connectivity index (χ3n) is 5.49. The number of hydrogen-bond acceptors (Lipinski definition) is 7. The molecule has 158 valence electrons. The number of H-pyrrole nitrogens is 1. The number of nitrogens with zero attached hydrogens (tertiary/aromatic N) is 3. The molecule has 0 radical (unpaired) electrons. The van der Waals surface area contributed by atoms with Gasteiger partial charge in [0.05, 0.1) is 25.1 Å². The molecule has 1 aliphatic heterocycles. The first-order chi connectivity index (χ1) is 14.6. The maximum atomic E-state index is 12.6. The molecule has 8 nitrogen and oxygen atoms in total. The van der Waals surface area contributed by atoms with Crippen LogP contribution < -0.4 is 25.2 Å². The van der Waals surface area contributed by atoms with Gasteiger partial charge in [-0.1, -0.05) is 18.2 Å². The van der Waals surface area contributed by atoms with Crippen molar-refractivity contribution in [2.75, 3.05) is 57.7 Å². The number of ether oxygens (including phenoxy) is 2. The number of aromatic amines is 1. The van der Waals surface area contributed by atoms with E-state index in [1.54, 1.807) is 26.4 Å². The topological polar surface area (TPSA) is 82.7 Å². The minimum Gasteiger partial charge on any atom is -0.493 e. The Morgan fingerprint density at radius 1 is 1.07 bits per heavy atom. The molecule has 2 heterocycles. The third-order valence-corrected chi connectivity index (χ3v) is 5.49. The van der Waals surface area contributed by atoms with Gasteiger partial charge in [-0.15, -0.1) is 0 Å². The van der Waals surface area contributed by atoms with Crippen molar-refractivity contribution in [3.05, 3.63) is 52.3 Å². The molecule has 1 aliphatic rings. The monoisotopic (exact) mass is 409 g/mol. The van der Waals surface area contributed by atoms with Crippen LogP contribution in [-0.2, 0) is 6.54 Å². The molecule has 1 saturated heterocycles. The fourth-order valence-electron chi connectivity index (χ4n) is 3.74. The van der Waals surface area contributed by atoms with E-state index in [2.05, 4.69) is 50.3 Å². The molecule has 2 N–H and O–H groups in total. The van der Waals surface area contributed by atoms with Gasteiger partial charge in [-0.25, -0.2) is 4.98 Å². The minimum atomic E-state index is -0.226. The second-order valence-corrected chi connectivity index (χ2v) is 7.41. The van der Waals surface area contributed by atoms with E-state index in [1.165, 1.54) is 5.69 Å². The average molecular weight is 409 g/mol. The SMILES string of the molecule is COc1cc2nc(NCc3ccccc3N3CCN(C)CC3)[nH]c(=O)c2cc1OC. The van der Waals surface area contributed by atoms with Crippen LogP contribution in [0.15, 0.2) is 41.2 Å². The number of rotatable bonds is 6. The van der Waals surface area contributed by atoms with Crippen molar-refractivity contribution in [2.24, 2.45) is 0 Å². The Kier molecular flexibility index (Phi) is 5.76. The lowest BCUT2D eigenvalue weighted by atomic mass is 10.1. The van der Waals surface area contributed by atoms with E-state index in [4.69, 9.17) is 9.47 Å². The molecular formula is C22H27N5O3. The molecule has 0 spiro atoms. The Morgan fingerprint density at radius 3 is 2.50 bits per heavy atom. The van der Waals surface area contributed by atoms with Gasteiger partial charge in [-0.05, 0) is 24.7 Å². The zero-order valence-corrected chi connectivity index (χ0v) is 17.6. The van der Waals surface area contributed by atoms with Crippen molar-refractivity contribution in [1.82, 2.24) is 14.9 Å². The zero-order valence-electron chi connectivity index (χ0n) is 17.6. The van der Waals surface area contributed by atoms with Crippen molar-refractivity contribution < 1.29 is 9.47 Å². The maximum absolute atomic E-state index is 12.6. The lowest BCUT2D eigenvalue weighted by Crippen LogP contribution is -2.44. The van der Waals surface area contributed by atoms with Crippen LogP contribution in [0.1, 0.15) is 5.56 Å².